The Morgan fingerprint density at radius 1 is 1.29 bits per heavy atom. The van der Waals surface area contributed by atoms with Crippen LogP contribution in [0.3, 0.4) is 0 Å². The molecular formula is C14H19F4N3O2S. The van der Waals surface area contributed by atoms with Crippen LogP contribution in [0, 0.1) is 12.7 Å². The third-order valence-electron chi connectivity index (χ3n) is 3.87. The lowest BCUT2D eigenvalue weighted by Gasteiger charge is -2.35. The van der Waals surface area contributed by atoms with E-state index >= 15 is 0 Å². The van der Waals surface area contributed by atoms with Gasteiger partial charge in [0.25, 0.3) is 0 Å². The van der Waals surface area contributed by atoms with Gasteiger partial charge in [-0.15, -0.1) is 0 Å². The lowest BCUT2D eigenvalue weighted by atomic mass is 10.2. The van der Waals surface area contributed by atoms with E-state index < -0.39 is 39.5 Å². The van der Waals surface area contributed by atoms with Crippen molar-refractivity contribution in [3.8, 4) is 0 Å². The van der Waals surface area contributed by atoms with Crippen molar-refractivity contribution in [1.82, 2.24) is 14.9 Å². The highest BCUT2D eigenvalue weighted by molar-refractivity contribution is 7.89. The van der Waals surface area contributed by atoms with Gasteiger partial charge in [-0.25, -0.2) is 17.5 Å². The van der Waals surface area contributed by atoms with Crippen LogP contribution in [0.1, 0.15) is 5.56 Å². The number of nitrogens with one attached hydrogen (secondary N) is 2. The normalized spacial score (nSPS) is 18.5. The van der Waals surface area contributed by atoms with E-state index in [9.17, 15) is 26.0 Å². The molecule has 24 heavy (non-hydrogen) atoms. The lowest BCUT2D eigenvalue weighted by molar-refractivity contribution is -0.182. The summed E-state index contributed by atoms with van der Waals surface area (Å²) < 4.78 is 80.0. The zero-order valence-electron chi connectivity index (χ0n) is 13.0. The summed E-state index contributed by atoms with van der Waals surface area (Å²) in [7, 11) is -4.38. The number of halogens is 4. The minimum absolute atomic E-state index is 0.133. The van der Waals surface area contributed by atoms with Gasteiger partial charge in [0.15, 0.2) is 0 Å². The summed E-state index contributed by atoms with van der Waals surface area (Å²) in [5.74, 6) is -0.992. The predicted molar refractivity (Wildman–Crippen MR) is 80.6 cm³/mol. The van der Waals surface area contributed by atoms with Gasteiger partial charge in [0.1, 0.15) is 16.8 Å². The van der Waals surface area contributed by atoms with Crippen LogP contribution in [0.4, 0.5) is 17.6 Å². The number of hydrogen-bond acceptors (Lipinski definition) is 4. The number of hydrogen-bond donors (Lipinski definition) is 2. The number of piperazine rings is 1. The van der Waals surface area contributed by atoms with Crippen LogP contribution in [-0.2, 0) is 10.0 Å². The molecule has 136 valence electrons. The monoisotopic (exact) mass is 369 g/mol. The molecule has 0 aromatic heterocycles. The van der Waals surface area contributed by atoms with Crippen LogP contribution in [0.25, 0.3) is 0 Å². The van der Waals surface area contributed by atoms with Gasteiger partial charge >= 0.3 is 6.18 Å². The van der Waals surface area contributed by atoms with Crippen LogP contribution >= 0.6 is 0 Å². The molecule has 1 aromatic carbocycles. The highest BCUT2D eigenvalue weighted by Crippen LogP contribution is 2.26. The van der Waals surface area contributed by atoms with Crippen molar-refractivity contribution in [2.45, 2.75) is 24.0 Å². The van der Waals surface area contributed by atoms with Gasteiger partial charge in [-0.05, 0) is 18.6 Å². The van der Waals surface area contributed by atoms with Gasteiger partial charge in [0, 0.05) is 32.7 Å². The summed E-state index contributed by atoms with van der Waals surface area (Å²) in [6.07, 6.45) is -4.59. The molecule has 0 radical (unpaired) electrons. The van der Waals surface area contributed by atoms with Crippen molar-refractivity contribution in [1.29, 1.82) is 0 Å². The smallest absolute Gasteiger partial charge is 0.314 e. The van der Waals surface area contributed by atoms with E-state index in [1.165, 1.54) is 24.0 Å². The number of sulfonamides is 1. The Morgan fingerprint density at radius 2 is 1.92 bits per heavy atom. The summed E-state index contributed by atoms with van der Waals surface area (Å²) in [6.45, 7) is 1.63. The number of aryl methyl sites for hydroxylation is 1. The number of nitrogens with zero attached hydrogens (tertiary/aromatic N) is 1. The minimum Gasteiger partial charge on any atom is -0.314 e. The van der Waals surface area contributed by atoms with Crippen molar-refractivity contribution < 1.29 is 26.0 Å². The molecule has 1 heterocycles. The van der Waals surface area contributed by atoms with E-state index in [0.717, 1.165) is 6.07 Å². The average molecular weight is 369 g/mol. The number of alkyl halides is 3. The Kier molecular flexibility index (Phi) is 5.84. The van der Waals surface area contributed by atoms with Gasteiger partial charge in [0.2, 0.25) is 10.0 Å². The zero-order chi connectivity index (χ0) is 18.0. The second-order valence-corrected chi connectivity index (χ2v) is 7.28. The molecule has 2 rings (SSSR count). The van der Waals surface area contributed by atoms with Crippen LogP contribution in [0.2, 0.25) is 0 Å². The van der Waals surface area contributed by atoms with E-state index in [-0.39, 0.29) is 18.7 Å². The van der Waals surface area contributed by atoms with E-state index in [1.54, 1.807) is 0 Å². The third-order valence-corrected chi connectivity index (χ3v) is 5.47. The van der Waals surface area contributed by atoms with E-state index in [2.05, 4.69) is 5.32 Å². The molecule has 0 spiro atoms. The van der Waals surface area contributed by atoms with E-state index in [4.69, 9.17) is 0 Å². The first kappa shape index (κ1) is 19.1. The topological polar surface area (TPSA) is 61.4 Å². The van der Waals surface area contributed by atoms with Gasteiger partial charge in [0.05, 0.1) is 0 Å². The molecular weight excluding hydrogens is 350 g/mol. The molecule has 1 unspecified atom stereocenters. The maximum atomic E-state index is 13.8. The SMILES string of the molecule is Cc1cccc(F)c1S(=O)(=O)NCC(N1CCNCC1)C(F)(F)F. The van der Waals surface area contributed by atoms with Crippen LogP contribution in [0.5, 0.6) is 0 Å². The molecule has 1 saturated heterocycles. The predicted octanol–water partition coefficient (Wildman–Crippen LogP) is 1.25. The fourth-order valence-corrected chi connectivity index (χ4v) is 4.00. The molecule has 0 saturated carbocycles. The molecule has 0 aliphatic carbocycles. The lowest BCUT2D eigenvalue weighted by Crippen LogP contribution is -2.57. The fraction of sp³-hybridized carbons (Fsp3) is 0.571. The molecule has 10 heteroatoms. The quantitative estimate of drug-likeness (QED) is 0.767. The van der Waals surface area contributed by atoms with Gasteiger partial charge < -0.3 is 5.32 Å². The molecule has 1 atom stereocenters. The molecule has 0 bridgehead atoms. The Hall–Kier alpha value is -1.23. The molecule has 1 aliphatic heterocycles. The first-order valence-corrected chi connectivity index (χ1v) is 8.87. The fourth-order valence-electron chi connectivity index (χ4n) is 2.66. The summed E-state index contributed by atoms with van der Waals surface area (Å²) in [5, 5.41) is 2.94. The van der Waals surface area contributed by atoms with Crippen LogP contribution in [-0.4, -0.2) is 58.3 Å². The molecule has 5 nitrogen and oxygen atoms in total. The summed E-state index contributed by atoms with van der Waals surface area (Å²) in [5.41, 5.74) is 0.133. The maximum absolute atomic E-state index is 13.8. The molecule has 2 N–H and O–H groups in total. The maximum Gasteiger partial charge on any atom is 0.405 e. The largest absolute Gasteiger partial charge is 0.405 e. The van der Waals surface area contributed by atoms with Gasteiger partial charge in [-0.3, -0.25) is 4.90 Å². The van der Waals surface area contributed by atoms with Crippen molar-refractivity contribution in [3.05, 3.63) is 29.6 Å². The molecule has 1 aromatic rings. The average Bonchev–Trinajstić information content (AvgIpc) is 2.46. The number of rotatable bonds is 5. The Morgan fingerprint density at radius 3 is 2.46 bits per heavy atom. The van der Waals surface area contributed by atoms with E-state index in [0.29, 0.717) is 13.1 Å². The first-order chi connectivity index (χ1) is 11.1. The zero-order valence-corrected chi connectivity index (χ0v) is 13.8. The number of benzene rings is 1. The second kappa shape index (κ2) is 7.34. The minimum atomic E-state index is -4.59. The van der Waals surface area contributed by atoms with Gasteiger partial charge in [-0.1, -0.05) is 12.1 Å². The van der Waals surface area contributed by atoms with Crippen molar-refractivity contribution in [3.63, 3.8) is 0 Å². The molecule has 0 amide bonds. The third kappa shape index (κ3) is 4.44. The summed E-state index contributed by atoms with van der Waals surface area (Å²) in [4.78, 5) is 0.555. The van der Waals surface area contributed by atoms with Crippen LogP contribution in [0.15, 0.2) is 23.1 Å². The van der Waals surface area contributed by atoms with E-state index in [1.807, 2.05) is 4.72 Å². The first-order valence-electron chi connectivity index (χ1n) is 7.39. The van der Waals surface area contributed by atoms with Crippen molar-refractivity contribution in [2.75, 3.05) is 32.7 Å². The molecule has 1 aliphatic rings. The second-order valence-electron chi connectivity index (χ2n) is 5.58. The Balaban J connectivity index is 2.19. The van der Waals surface area contributed by atoms with Crippen molar-refractivity contribution >= 4 is 10.0 Å². The Labute approximate surface area is 138 Å². The summed E-state index contributed by atoms with van der Waals surface area (Å²) in [6, 6.07) is 1.72. The van der Waals surface area contributed by atoms with Crippen LogP contribution < -0.4 is 10.0 Å². The molecule has 1 fully saturated rings. The highest BCUT2D eigenvalue weighted by atomic mass is 32.2. The summed E-state index contributed by atoms with van der Waals surface area (Å²) >= 11 is 0. The highest BCUT2D eigenvalue weighted by Gasteiger charge is 2.44. The Bertz CT molecular complexity index is 653. The van der Waals surface area contributed by atoms with Gasteiger partial charge in [-0.2, -0.15) is 13.2 Å². The van der Waals surface area contributed by atoms with Crippen molar-refractivity contribution in [2.24, 2.45) is 0 Å². The standard InChI is InChI=1S/C14H19F4N3O2S/c1-10-3-2-4-11(15)13(10)24(22,23)20-9-12(14(16,17)18)21-7-5-19-6-8-21/h2-4,12,19-20H,5-9H2,1H3.